The van der Waals surface area contributed by atoms with Crippen molar-refractivity contribution in [3.8, 4) is 0 Å². The molecule has 1 saturated carbocycles. The molecule has 0 aliphatic heterocycles. The van der Waals surface area contributed by atoms with Crippen LogP contribution in [0.25, 0.3) is 0 Å². The van der Waals surface area contributed by atoms with E-state index in [0.717, 1.165) is 31.8 Å². The molecule has 0 aromatic heterocycles. The molecule has 1 rings (SSSR count). The number of ether oxygens (including phenoxy) is 1. The van der Waals surface area contributed by atoms with Crippen molar-refractivity contribution in [2.45, 2.75) is 84.8 Å². The molecule has 1 fully saturated rings. The average molecular weight is 255 g/mol. The molecule has 1 aliphatic rings. The summed E-state index contributed by atoms with van der Waals surface area (Å²) in [5, 5.41) is 0. The summed E-state index contributed by atoms with van der Waals surface area (Å²) in [6, 6.07) is 0. The van der Waals surface area contributed by atoms with Crippen LogP contribution >= 0.6 is 0 Å². The zero-order chi connectivity index (χ0) is 14.0. The van der Waals surface area contributed by atoms with Crippen LogP contribution in [0.15, 0.2) is 0 Å². The zero-order valence-corrected chi connectivity index (χ0v) is 13.3. The Bertz CT molecular complexity index is 246. The fourth-order valence-corrected chi connectivity index (χ4v) is 2.87. The van der Waals surface area contributed by atoms with Gasteiger partial charge in [-0.15, -0.1) is 0 Å². The molecule has 108 valence electrons. The van der Waals surface area contributed by atoms with Crippen molar-refractivity contribution in [1.82, 2.24) is 0 Å². The largest absolute Gasteiger partial charge is 0.376 e. The van der Waals surface area contributed by atoms with E-state index in [9.17, 15) is 0 Å². The molecule has 18 heavy (non-hydrogen) atoms. The minimum atomic E-state index is -0.0427. The van der Waals surface area contributed by atoms with Crippen LogP contribution in [0.4, 0.5) is 0 Å². The second-order valence-corrected chi connectivity index (χ2v) is 8.21. The lowest BCUT2D eigenvalue weighted by Gasteiger charge is -2.42. The van der Waals surface area contributed by atoms with Gasteiger partial charge in [0.05, 0.1) is 5.60 Å². The summed E-state index contributed by atoms with van der Waals surface area (Å²) in [4.78, 5) is 0. The third-order valence-electron chi connectivity index (χ3n) is 4.34. The fraction of sp³-hybridized carbons (Fsp3) is 1.00. The summed E-state index contributed by atoms with van der Waals surface area (Å²) in [6.45, 7) is 14.2. The van der Waals surface area contributed by atoms with E-state index in [1.165, 1.54) is 12.8 Å². The smallest absolute Gasteiger partial charge is 0.0598 e. The van der Waals surface area contributed by atoms with E-state index in [2.05, 4.69) is 41.5 Å². The normalized spacial score (nSPS) is 30.5. The van der Waals surface area contributed by atoms with E-state index in [-0.39, 0.29) is 11.1 Å². The average Bonchev–Trinajstić information content (AvgIpc) is 2.14. The van der Waals surface area contributed by atoms with E-state index in [1.807, 2.05) is 0 Å². The maximum atomic E-state index is 6.51. The van der Waals surface area contributed by atoms with Gasteiger partial charge in [0.1, 0.15) is 0 Å². The van der Waals surface area contributed by atoms with Gasteiger partial charge in [0.2, 0.25) is 0 Å². The first-order chi connectivity index (χ1) is 8.02. The first-order valence-electron chi connectivity index (χ1n) is 7.45. The fourth-order valence-electron chi connectivity index (χ4n) is 2.87. The molecule has 0 radical (unpaired) electrons. The number of hydrogen-bond acceptors (Lipinski definition) is 2. The highest BCUT2D eigenvalue weighted by atomic mass is 16.5. The highest BCUT2D eigenvalue weighted by molar-refractivity contribution is 4.92. The highest BCUT2D eigenvalue weighted by Crippen LogP contribution is 2.41. The molecule has 0 aromatic rings. The Morgan fingerprint density at radius 3 is 1.94 bits per heavy atom. The van der Waals surface area contributed by atoms with Crippen LogP contribution in [0.1, 0.15) is 73.6 Å². The second-order valence-electron chi connectivity index (χ2n) is 8.21. The Balaban J connectivity index is 2.36. The van der Waals surface area contributed by atoms with Crippen LogP contribution in [-0.2, 0) is 4.74 Å². The standard InChI is InChI=1S/C16H33NO/c1-14(2,3)13-7-9-16(17,10-8-13)11-12-18-15(4,5)6/h13H,7-12,17H2,1-6H3. The maximum Gasteiger partial charge on any atom is 0.0598 e. The van der Waals surface area contributed by atoms with Crippen molar-refractivity contribution in [2.24, 2.45) is 17.1 Å². The van der Waals surface area contributed by atoms with Gasteiger partial charge in [0.25, 0.3) is 0 Å². The van der Waals surface area contributed by atoms with Crippen molar-refractivity contribution >= 4 is 0 Å². The van der Waals surface area contributed by atoms with Gasteiger partial charge in [-0.1, -0.05) is 20.8 Å². The summed E-state index contributed by atoms with van der Waals surface area (Å²) in [6.07, 6.45) is 5.86. The molecular formula is C16H33NO. The van der Waals surface area contributed by atoms with Crippen LogP contribution in [0.5, 0.6) is 0 Å². The van der Waals surface area contributed by atoms with Gasteiger partial charge in [-0.25, -0.2) is 0 Å². The minimum absolute atomic E-state index is 0.0208. The summed E-state index contributed by atoms with van der Waals surface area (Å²) >= 11 is 0. The highest BCUT2D eigenvalue weighted by Gasteiger charge is 2.36. The van der Waals surface area contributed by atoms with Gasteiger partial charge in [0, 0.05) is 12.1 Å². The van der Waals surface area contributed by atoms with Gasteiger partial charge in [-0.05, 0) is 64.2 Å². The van der Waals surface area contributed by atoms with Crippen molar-refractivity contribution in [3.05, 3.63) is 0 Å². The molecule has 0 amide bonds. The predicted octanol–water partition coefficient (Wildman–Crippen LogP) is 4.13. The molecule has 1 aliphatic carbocycles. The molecular weight excluding hydrogens is 222 g/mol. The molecule has 0 spiro atoms. The lowest BCUT2D eigenvalue weighted by molar-refractivity contribution is -0.0160. The van der Waals surface area contributed by atoms with E-state index < -0.39 is 0 Å². The molecule has 0 aromatic carbocycles. The summed E-state index contributed by atoms with van der Waals surface area (Å²) in [5.41, 5.74) is 6.93. The van der Waals surface area contributed by atoms with Gasteiger partial charge in [0.15, 0.2) is 0 Å². The third-order valence-corrected chi connectivity index (χ3v) is 4.34. The Hall–Kier alpha value is -0.0800. The first-order valence-corrected chi connectivity index (χ1v) is 7.45. The Kier molecular flexibility index (Phi) is 4.88. The third kappa shape index (κ3) is 5.27. The first kappa shape index (κ1) is 16.0. The van der Waals surface area contributed by atoms with Crippen molar-refractivity contribution in [3.63, 3.8) is 0 Å². The van der Waals surface area contributed by atoms with Crippen molar-refractivity contribution < 1.29 is 4.74 Å². The predicted molar refractivity (Wildman–Crippen MR) is 78.7 cm³/mol. The van der Waals surface area contributed by atoms with E-state index in [4.69, 9.17) is 10.5 Å². The molecule has 0 unspecified atom stereocenters. The molecule has 0 atom stereocenters. The monoisotopic (exact) mass is 255 g/mol. The van der Waals surface area contributed by atoms with Gasteiger partial charge >= 0.3 is 0 Å². The molecule has 0 saturated heterocycles. The molecule has 2 nitrogen and oxygen atoms in total. The molecule has 0 bridgehead atoms. The second kappa shape index (κ2) is 5.50. The van der Waals surface area contributed by atoms with Crippen LogP contribution in [0, 0.1) is 11.3 Å². The van der Waals surface area contributed by atoms with Gasteiger partial charge in [-0.3, -0.25) is 0 Å². The van der Waals surface area contributed by atoms with Gasteiger partial charge < -0.3 is 10.5 Å². The molecule has 2 heteroatoms. The van der Waals surface area contributed by atoms with Crippen LogP contribution < -0.4 is 5.73 Å². The van der Waals surface area contributed by atoms with Crippen LogP contribution in [0.2, 0.25) is 0 Å². The van der Waals surface area contributed by atoms with E-state index in [0.29, 0.717) is 5.41 Å². The topological polar surface area (TPSA) is 35.2 Å². The van der Waals surface area contributed by atoms with Crippen LogP contribution in [-0.4, -0.2) is 17.7 Å². The summed E-state index contributed by atoms with van der Waals surface area (Å²) in [5.74, 6) is 0.831. The Morgan fingerprint density at radius 2 is 1.56 bits per heavy atom. The van der Waals surface area contributed by atoms with Crippen molar-refractivity contribution in [2.75, 3.05) is 6.61 Å². The Labute approximate surface area is 114 Å². The summed E-state index contributed by atoms with van der Waals surface area (Å²) in [7, 11) is 0. The number of nitrogens with two attached hydrogens (primary N) is 1. The lowest BCUT2D eigenvalue weighted by atomic mass is 9.67. The van der Waals surface area contributed by atoms with E-state index in [1.54, 1.807) is 0 Å². The lowest BCUT2D eigenvalue weighted by Crippen LogP contribution is -2.46. The Morgan fingerprint density at radius 1 is 1.06 bits per heavy atom. The van der Waals surface area contributed by atoms with Gasteiger partial charge in [-0.2, -0.15) is 0 Å². The minimum Gasteiger partial charge on any atom is -0.376 e. The maximum absolute atomic E-state index is 6.51. The molecule has 0 heterocycles. The van der Waals surface area contributed by atoms with Crippen LogP contribution in [0.3, 0.4) is 0 Å². The SMILES string of the molecule is CC(C)(C)OCCC1(N)CCC(C(C)(C)C)CC1. The number of hydrogen-bond donors (Lipinski definition) is 1. The zero-order valence-electron chi connectivity index (χ0n) is 13.3. The van der Waals surface area contributed by atoms with Crippen molar-refractivity contribution in [1.29, 1.82) is 0 Å². The van der Waals surface area contributed by atoms with E-state index >= 15 is 0 Å². The quantitative estimate of drug-likeness (QED) is 0.823. The summed E-state index contributed by atoms with van der Waals surface area (Å²) < 4.78 is 5.81. The molecule has 2 N–H and O–H groups in total. The number of rotatable bonds is 3.